The smallest absolute Gasteiger partial charge is 0.323 e. The number of aromatic nitrogens is 5. The zero-order valence-electron chi connectivity index (χ0n) is 24.4. The summed E-state index contributed by atoms with van der Waals surface area (Å²) in [5, 5.41) is 13.4. The molecule has 0 saturated heterocycles. The first-order valence-corrected chi connectivity index (χ1v) is 13.5. The Kier molecular flexibility index (Phi) is 7.51. The van der Waals surface area contributed by atoms with Gasteiger partial charge in [0.25, 0.3) is 5.56 Å². The van der Waals surface area contributed by atoms with E-state index in [1.54, 1.807) is 37.1 Å². The largest absolute Gasteiger partial charge is 0.348 e. The Hall–Kier alpha value is -5.06. The van der Waals surface area contributed by atoms with Gasteiger partial charge in [-0.15, -0.1) is 0 Å². The molecule has 11 heteroatoms. The van der Waals surface area contributed by atoms with E-state index in [1.807, 2.05) is 58.0 Å². The molecule has 0 radical (unpaired) electrons. The lowest BCUT2D eigenvalue weighted by molar-refractivity contribution is 0.262. The number of aryl methyl sites for hydroxylation is 2. The third-order valence-corrected chi connectivity index (χ3v) is 6.97. The van der Waals surface area contributed by atoms with Gasteiger partial charge in [-0.2, -0.15) is 10.1 Å². The van der Waals surface area contributed by atoms with Crippen LogP contribution < -0.4 is 21.5 Å². The summed E-state index contributed by atoms with van der Waals surface area (Å²) in [5.74, 6) is -0.230. The number of pyridine rings is 1. The van der Waals surface area contributed by atoms with Crippen molar-refractivity contribution >= 4 is 34.4 Å². The van der Waals surface area contributed by atoms with E-state index < -0.39 is 11.8 Å². The van der Waals surface area contributed by atoms with E-state index in [0.29, 0.717) is 39.4 Å². The predicted octanol–water partition coefficient (Wildman–Crippen LogP) is 6.21. The van der Waals surface area contributed by atoms with Crippen LogP contribution in [0.4, 0.5) is 26.5 Å². The molecule has 5 rings (SSSR count). The first-order chi connectivity index (χ1) is 19.9. The van der Waals surface area contributed by atoms with Crippen LogP contribution in [-0.2, 0) is 12.6 Å². The normalized spacial score (nSPS) is 12.3. The van der Waals surface area contributed by atoms with Crippen molar-refractivity contribution in [2.45, 2.75) is 46.2 Å². The van der Waals surface area contributed by atoms with E-state index in [-0.39, 0.29) is 22.8 Å². The van der Waals surface area contributed by atoms with Crippen molar-refractivity contribution < 1.29 is 9.18 Å². The fourth-order valence-corrected chi connectivity index (χ4v) is 4.63. The van der Waals surface area contributed by atoms with Crippen molar-refractivity contribution in [1.29, 1.82) is 0 Å². The summed E-state index contributed by atoms with van der Waals surface area (Å²) in [7, 11) is 1.63. The fraction of sp³-hybridized carbons (Fsp3) is 0.258. The SMILES string of the molecule is Cc1cc(F)c(NC(=O)Nc2cnn(C(C)(C)C)c2)cc1-c1cc2cnc(N[C@H](C)c3ccccc3)nc2n(C)c1=O. The zero-order chi connectivity index (χ0) is 30.2. The Morgan fingerprint density at radius 2 is 1.76 bits per heavy atom. The van der Waals surface area contributed by atoms with Crippen LogP contribution in [0, 0.1) is 12.7 Å². The summed E-state index contributed by atoms with van der Waals surface area (Å²) in [5.41, 5.74) is 2.71. The topological polar surface area (TPSA) is 119 Å². The average Bonchev–Trinajstić information content (AvgIpc) is 3.42. The van der Waals surface area contributed by atoms with Gasteiger partial charge >= 0.3 is 6.03 Å². The van der Waals surface area contributed by atoms with Crippen LogP contribution in [0.2, 0.25) is 0 Å². The highest BCUT2D eigenvalue weighted by atomic mass is 19.1. The zero-order valence-corrected chi connectivity index (χ0v) is 24.4. The van der Waals surface area contributed by atoms with E-state index in [1.165, 1.54) is 22.9 Å². The van der Waals surface area contributed by atoms with Crippen LogP contribution in [0.5, 0.6) is 0 Å². The monoisotopic (exact) mass is 568 g/mol. The van der Waals surface area contributed by atoms with Gasteiger partial charge in [0.1, 0.15) is 11.5 Å². The summed E-state index contributed by atoms with van der Waals surface area (Å²) >= 11 is 0. The minimum absolute atomic E-state index is 0.0420. The van der Waals surface area contributed by atoms with Gasteiger partial charge in [-0.25, -0.2) is 14.2 Å². The number of anilines is 3. The molecule has 3 N–H and O–H groups in total. The second-order valence-electron chi connectivity index (χ2n) is 11.2. The molecule has 1 atom stereocenters. The molecule has 0 unspecified atom stereocenters. The maximum atomic E-state index is 14.9. The van der Waals surface area contributed by atoms with Gasteiger partial charge < -0.3 is 16.0 Å². The van der Waals surface area contributed by atoms with Gasteiger partial charge in [0.05, 0.1) is 29.2 Å². The maximum Gasteiger partial charge on any atom is 0.323 e. The quantitative estimate of drug-likeness (QED) is 0.224. The van der Waals surface area contributed by atoms with E-state index >= 15 is 0 Å². The van der Waals surface area contributed by atoms with Crippen LogP contribution >= 0.6 is 0 Å². The fourth-order valence-electron chi connectivity index (χ4n) is 4.63. The summed E-state index contributed by atoms with van der Waals surface area (Å²) in [6.07, 6.45) is 4.86. The van der Waals surface area contributed by atoms with Crippen LogP contribution in [0.1, 0.15) is 44.9 Å². The molecule has 0 aliphatic rings. The number of nitrogens with one attached hydrogen (secondary N) is 3. The molecule has 0 saturated carbocycles. The Morgan fingerprint density at radius 1 is 1.02 bits per heavy atom. The van der Waals surface area contributed by atoms with Crippen LogP contribution in [0.25, 0.3) is 22.2 Å². The van der Waals surface area contributed by atoms with E-state index in [0.717, 1.165) is 5.56 Å². The van der Waals surface area contributed by atoms with Crippen molar-refractivity contribution in [2.24, 2.45) is 7.05 Å². The molecule has 0 bridgehead atoms. The number of hydrogen-bond donors (Lipinski definition) is 3. The van der Waals surface area contributed by atoms with Crippen molar-refractivity contribution in [3.63, 3.8) is 0 Å². The molecular formula is C31H33FN8O2. The minimum atomic E-state index is -0.637. The second kappa shape index (κ2) is 11.1. The Bertz CT molecular complexity index is 1840. The summed E-state index contributed by atoms with van der Waals surface area (Å²) in [6.45, 7) is 9.67. The van der Waals surface area contributed by atoms with E-state index in [9.17, 15) is 14.0 Å². The Morgan fingerprint density at radius 3 is 2.45 bits per heavy atom. The molecule has 3 heterocycles. The molecule has 2 aromatic carbocycles. The third kappa shape index (κ3) is 5.85. The standard InChI is InChI=1S/C31H33FN8O2/c1-18-12-25(32)26(37-30(42)36-22-16-34-40(17-22)31(3,4)5)14-23(18)24-13-21-15-33-29(38-27(21)39(6)28(24)41)35-19(2)20-10-8-7-9-11-20/h7-17,19H,1-6H3,(H,33,35,38)(H2,36,37,42)/t19-/m1/s1. The van der Waals surface area contributed by atoms with Gasteiger partial charge in [0.2, 0.25) is 5.95 Å². The van der Waals surface area contributed by atoms with Gasteiger partial charge in [-0.1, -0.05) is 30.3 Å². The molecule has 10 nitrogen and oxygen atoms in total. The third-order valence-electron chi connectivity index (χ3n) is 6.97. The number of carbonyl (C=O) groups excluding carboxylic acids is 1. The molecule has 42 heavy (non-hydrogen) atoms. The second-order valence-corrected chi connectivity index (χ2v) is 11.2. The molecule has 0 spiro atoms. The van der Waals surface area contributed by atoms with Crippen molar-refractivity contribution in [3.8, 4) is 11.1 Å². The maximum absolute atomic E-state index is 14.9. The molecule has 2 amide bonds. The number of nitrogens with zero attached hydrogens (tertiary/aromatic N) is 5. The highest BCUT2D eigenvalue weighted by Gasteiger charge is 2.18. The van der Waals surface area contributed by atoms with E-state index in [4.69, 9.17) is 0 Å². The van der Waals surface area contributed by atoms with Gasteiger partial charge in [-0.05, 0) is 69.5 Å². The first-order valence-electron chi connectivity index (χ1n) is 13.5. The minimum Gasteiger partial charge on any atom is -0.348 e. The van der Waals surface area contributed by atoms with Crippen molar-refractivity contribution in [1.82, 2.24) is 24.3 Å². The van der Waals surface area contributed by atoms with Crippen LogP contribution in [0.15, 0.2) is 71.9 Å². The van der Waals surface area contributed by atoms with Gasteiger partial charge in [0.15, 0.2) is 0 Å². The van der Waals surface area contributed by atoms with Gasteiger partial charge in [-0.3, -0.25) is 14.0 Å². The summed E-state index contributed by atoms with van der Waals surface area (Å²) in [6, 6.07) is 13.7. The lowest BCUT2D eigenvalue weighted by atomic mass is 9.99. The average molecular weight is 569 g/mol. The molecule has 0 aliphatic carbocycles. The van der Waals surface area contributed by atoms with E-state index in [2.05, 4.69) is 31.0 Å². The highest BCUT2D eigenvalue weighted by Crippen LogP contribution is 2.29. The molecule has 5 aromatic rings. The number of benzene rings is 2. The molecule has 3 aromatic heterocycles. The number of halogens is 1. The van der Waals surface area contributed by atoms with Crippen LogP contribution in [0.3, 0.4) is 0 Å². The lowest BCUT2D eigenvalue weighted by Gasteiger charge is -2.18. The first kappa shape index (κ1) is 28.5. The Balaban J connectivity index is 1.42. The summed E-state index contributed by atoms with van der Waals surface area (Å²) < 4.78 is 18.1. The summed E-state index contributed by atoms with van der Waals surface area (Å²) in [4.78, 5) is 35.3. The molecular weight excluding hydrogens is 535 g/mol. The molecule has 216 valence electrons. The number of hydrogen-bond acceptors (Lipinski definition) is 6. The van der Waals surface area contributed by atoms with Crippen molar-refractivity contribution in [2.75, 3.05) is 16.0 Å². The Labute approximate surface area is 242 Å². The van der Waals surface area contributed by atoms with Gasteiger partial charge in [0, 0.05) is 30.4 Å². The number of amides is 2. The lowest BCUT2D eigenvalue weighted by Crippen LogP contribution is -2.23. The number of fused-ring (bicyclic) bond motifs is 1. The van der Waals surface area contributed by atoms with Crippen molar-refractivity contribution in [3.05, 3.63) is 94.4 Å². The number of urea groups is 1. The van der Waals surface area contributed by atoms with Crippen LogP contribution in [-0.4, -0.2) is 30.3 Å². The predicted molar refractivity (Wildman–Crippen MR) is 163 cm³/mol. The molecule has 0 aliphatic heterocycles. The number of rotatable bonds is 6. The molecule has 0 fully saturated rings. The number of carbonyl (C=O) groups is 1. The highest BCUT2D eigenvalue weighted by molar-refractivity contribution is 6.00.